The number of carboxylic acids is 7. The number of hydrogen-bond donors (Lipinski definition) is 7. The fourth-order valence-corrected chi connectivity index (χ4v) is 11.6. The Morgan fingerprint density at radius 1 is 0.609 bits per heavy atom. The van der Waals surface area contributed by atoms with Crippen molar-refractivity contribution in [2.75, 3.05) is 0 Å². The van der Waals surface area contributed by atoms with Crippen LogP contribution in [0.25, 0.3) is 5.32 Å². The normalized spacial score (nSPS) is 35.6. The molecule has 0 spiro atoms. The van der Waals surface area contributed by atoms with Gasteiger partial charge in [-0.2, -0.15) is 5.70 Å². The molecule has 9 atom stereocenters. The van der Waals surface area contributed by atoms with Gasteiger partial charge in [-0.05, 0) is 75.0 Å². The molecule has 1 fully saturated rings. The standard InChI is InChI=1S/C45H60N4O14.Co/c1-21-36-24(10-13-30(52)53)41(3,4)28(47-36)18-27-23(9-12-29(50)51)43(6,19-34(60)61)39(46-27)22(2)37-25(11-14-31(54)55)44(7,20-35(62)63)45(8,49-37)40-26(17-33(58)59)42(5,38(21)48-40)16-15-32(56)57;/h18,23-26,40H,9-17,19-20H2,1-8H3,(H8,46,47,48,49,50,51,52,53,54,55,56,57,58,59,60,61,62,63);/q;+3/p-1. The Kier molecular flexibility index (Phi) is 14.8. The number of aliphatic imine (C=N–C) groups is 3. The minimum Gasteiger partial charge on any atom is -0.682 e. The van der Waals surface area contributed by atoms with Gasteiger partial charge in [-0.3, -0.25) is 48.5 Å². The molecule has 19 heteroatoms. The number of hydrogen-bond acceptors (Lipinski definition) is 10. The SMILES string of the molecule is C/C1=C2N=C(/C=C3N=C(/C(C)=C4\[N-]C(C(CC(=O)O)C4(C)CCC(=O)O)C4(C)N=C1C(CCC(=O)O)C4(C)CC(=O)O)C(CCC(=O)O)C\3(C)C)C(CCC(=O)O)C/2(C)CC(=O)O.[Co+3]. The predicted octanol–water partition coefficient (Wildman–Crippen LogP) is 6.70. The second kappa shape index (κ2) is 18.4. The summed E-state index contributed by atoms with van der Waals surface area (Å²) in [6, 6.07) is -1.16. The number of rotatable bonds is 18. The Hall–Kier alpha value is -5.17. The van der Waals surface area contributed by atoms with Crippen LogP contribution in [0.5, 0.6) is 0 Å². The van der Waals surface area contributed by atoms with Crippen LogP contribution < -0.4 is 0 Å². The van der Waals surface area contributed by atoms with E-state index in [1.807, 2.05) is 13.8 Å². The maximum atomic E-state index is 13.1. The van der Waals surface area contributed by atoms with Crippen molar-refractivity contribution in [2.45, 2.75) is 138 Å². The summed E-state index contributed by atoms with van der Waals surface area (Å²) in [6.07, 6.45) is -1.65. The van der Waals surface area contributed by atoms with E-state index in [1.54, 1.807) is 47.6 Å². The molecular formula is C45H59CoN4O14+2. The van der Waals surface area contributed by atoms with Gasteiger partial charge >= 0.3 is 58.6 Å². The van der Waals surface area contributed by atoms with Gasteiger partial charge in [0.15, 0.2) is 0 Å². The zero-order valence-electron chi connectivity index (χ0n) is 37.4. The molecule has 0 aromatic carbocycles. The predicted molar refractivity (Wildman–Crippen MR) is 228 cm³/mol. The van der Waals surface area contributed by atoms with Gasteiger partial charge in [-0.15, -0.1) is 0 Å². The van der Waals surface area contributed by atoms with E-state index in [9.17, 15) is 69.3 Å². The van der Waals surface area contributed by atoms with Crippen molar-refractivity contribution in [1.29, 1.82) is 0 Å². The summed E-state index contributed by atoms with van der Waals surface area (Å²) in [4.78, 5) is 103. The molecule has 5 heterocycles. The zero-order chi connectivity index (χ0) is 47.4. The molecule has 5 rings (SSSR count). The Bertz CT molecular complexity index is 2220. The van der Waals surface area contributed by atoms with Crippen LogP contribution >= 0.6 is 0 Å². The Labute approximate surface area is 381 Å². The monoisotopic (exact) mass is 938 g/mol. The summed E-state index contributed by atoms with van der Waals surface area (Å²) in [7, 11) is 0. The largest absolute Gasteiger partial charge is 3.00 e. The van der Waals surface area contributed by atoms with Gasteiger partial charge in [0.1, 0.15) is 0 Å². The molecule has 0 aromatic heterocycles. The van der Waals surface area contributed by atoms with Crippen LogP contribution in [0, 0.1) is 45.3 Å². The van der Waals surface area contributed by atoms with E-state index < -0.39 is 131 Å². The van der Waals surface area contributed by atoms with E-state index >= 15 is 0 Å². The molecule has 9 unspecified atom stereocenters. The number of carboxylic acid groups (broad SMARTS) is 7. The first-order valence-corrected chi connectivity index (χ1v) is 21.2. The number of nitrogens with zero attached hydrogens (tertiary/aromatic N) is 4. The van der Waals surface area contributed by atoms with Crippen molar-refractivity contribution in [3.05, 3.63) is 39.6 Å². The average Bonchev–Trinajstić information content (AvgIpc) is 3.75. The molecule has 7 N–H and O–H groups in total. The minimum absolute atomic E-state index is 0. The van der Waals surface area contributed by atoms with Crippen molar-refractivity contribution < 1.29 is 86.1 Å². The first-order valence-electron chi connectivity index (χ1n) is 21.2. The zero-order valence-corrected chi connectivity index (χ0v) is 38.4. The first-order chi connectivity index (χ1) is 29.0. The number of allylic oxidation sites excluding steroid dienone is 6. The van der Waals surface area contributed by atoms with E-state index in [0.29, 0.717) is 34.0 Å². The Morgan fingerprint density at radius 2 is 1.12 bits per heavy atom. The molecule has 0 radical (unpaired) electrons. The first kappa shape index (κ1) is 51.5. The quantitative estimate of drug-likeness (QED) is 0.0752. The third-order valence-corrected chi connectivity index (χ3v) is 15.2. The maximum Gasteiger partial charge on any atom is 3.00 e. The van der Waals surface area contributed by atoms with Crippen LogP contribution in [-0.4, -0.2) is 106 Å². The summed E-state index contributed by atoms with van der Waals surface area (Å²) in [5, 5.41) is 76.9. The molecular weight excluding hydrogens is 879 g/mol. The summed E-state index contributed by atoms with van der Waals surface area (Å²) in [5.41, 5.74) is -4.11. The van der Waals surface area contributed by atoms with Crippen LogP contribution in [0.2, 0.25) is 0 Å². The third-order valence-electron chi connectivity index (χ3n) is 15.2. The van der Waals surface area contributed by atoms with E-state index in [2.05, 4.69) is 0 Å². The molecule has 0 aromatic rings. The van der Waals surface area contributed by atoms with Crippen LogP contribution in [0.1, 0.15) is 126 Å². The van der Waals surface area contributed by atoms with Gasteiger partial charge < -0.3 is 41.1 Å². The summed E-state index contributed by atoms with van der Waals surface area (Å²) >= 11 is 0. The fraction of sp³-hybridized carbons (Fsp3) is 0.644. The van der Waals surface area contributed by atoms with Crippen molar-refractivity contribution in [2.24, 2.45) is 60.3 Å². The molecule has 350 valence electrons. The van der Waals surface area contributed by atoms with Gasteiger partial charge in [0.25, 0.3) is 0 Å². The second-order valence-electron chi connectivity index (χ2n) is 19.4. The topological polar surface area (TPSA) is 312 Å². The number of carbonyl (C=O) groups is 7. The van der Waals surface area contributed by atoms with Crippen LogP contribution in [0.3, 0.4) is 0 Å². The maximum absolute atomic E-state index is 13.1. The van der Waals surface area contributed by atoms with E-state index in [4.69, 9.17) is 20.3 Å². The van der Waals surface area contributed by atoms with Crippen LogP contribution in [0.15, 0.2) is 49.3 Å². The van der Waals surface area contributed by atoms with Crippen molar-refractivity contribution >= 4 is 58.9 Å². The average molecular weight is 939 g/mol. The Morgan fingerprint density at radius 3 is 1.62 bits per heavy atom. The molecule has 0 aliphatic carbocycles. The van der Waals surface area contributed by atoms with Crippen LogP contribution in [-0.2, 0) is 50.3 Å². The van der Waals surface area contributed by atoms with E-state index in [0.717, 1.165) is 0 Å². The number of fused-ring (bicyclic) bond motifs is 6. The summed E-state index contributed by atoms with van der Waals surface area (Å²) in [6.45, 7) is 13.8. The van der Waals surface area contributed by atoms with Crippen molar-refractivity contribution in [3.63, 3.8) is 0 Å². The molecule has 0 amide bonds. The molecule has 18 nitrogen and oxygen atoms in total. The van der Waals surface area contributed by atoms with Crippen molar-refractivity contribution in [1.82, 2.24) is 0 Å². The van der Waals surface area contributed by atoms with Gasteiger partial charge in [0.2, 0.25) is 0 Å². The number of aliphatic carboxylic acids is 7. The Balaban J connectivity index is 0.00000898. The molecule has 5 aliphatic heterocycles. The smallest absolute Gasteiger partial charge is 0.682 e. The van der Waals surface area contributed by atoms with Gasteiger partial charge in [-0.25, -0.2) is 0 Å². The second-order valence-corrected chi connectivity index (χ2v) is 19.4. The molecule has 0 saturated carbocycles. The molecule has 8 bridgehead atoms. The summed E-state index contributed by atoms with van der Waals surface area (Å²) < 4.78 is 0. The molecule has 64 heavy (non-hydrogen) atoms. The molecule has 1 saturated heterocycles. The third kappa shape index (κ3) is 9.06. The van der Waals surface area contributed by atoms with Gasteiger partial charge in [-0.1, -0.05) is 40.7 Å². The van der Waals surface area contributed by atoms with E-state index in [1.165, 1.54) is 0 Å². The van der Waals surface area contributed by atoms with E-state index in [-0.39, 0.29) is 66.7 Å². The van der Waals surface area contributed by atoms with Crippen molar-refractivity contribution in [3.8, 4) is 0 Å². The summed E-state index contributed by atoms with van der Waals surface area (Å²) in [5.74, 6) is -11.7. The fourth-order valence-electron chi connectivity index (χ4n) is 11.6. The van der Waals surface area contributed by atoms with Gasteiger partial charge in [0, 0.05) is 88.9 Å². The minimum atomic E-state index is -1.64. The van der Waals surface area contributed by atoms with Gasteiger partial charge in [0.05, 0.1) is 24.1 Å². The van der Waals surface area contributed by atoms with Crippen LogP contribution in [0.4, 0.5) is 0 Å². The molecule has 5 aliphatic rings.